The van der Waals surface area contributed by atoms with E-state index >= 15 is 0 Å². The molecule has 21 heavy (non-hydrogen) atoms. The maximum atomic E-state index is 11.5. The van der Waals surface area contributed by atoms with E-state index in [2.05, 4.69) is 0 Å². The molecular weight excluding hydrogens is 336 g/mol. The molecule has 0 amide bonds. The highest BCUT2D eigenvalue weighted by atomic mass is 32.2. The van der Waals surface area contributed by atoms with Gasteiger partial charge < -0.3 is 0 Å². The van der Waals surface area contributed by atoms with Gasteiger partial charge in [-0.05, 0) is 12.1 Å². The molecule has 0 fully saturated rings. The molecule has 0 spiro atoms. The largest absolute Gasteiger partial charge is 0.300 e. The molecule has 1 aliphatic rings. The second-order valence-electron chi connectivity index (χ2n) is 4.54. The first-order valence-electron chi connectivity index (χ1n) is 5.67. The first kappa shape index (κ1) is 14.5. The van der Waals surface area contributed by atoms with E-state index in [1.165, 1.54) is 6.07 Å². The summed E-state index contributed by atoms with van der Waals surface area (Å²) >= 11 is 1.14. The smallest absolute Gasteiger partial charge is 0.282 e. The van der Waals surface area contributed by atoms with Gasteiger partial charge in [0, 0.05) is 17.9 Å². The van der Waals surface area contributed by atoms with Crippen LogP contribution in [-0.4, -0.2) is 30.8 Å². The SMILES string of the molecule is CC1=[S+]c2c(S(=O)(=O)O)cc(S(=O)(=O)O)c3cccc1c23. The van der Waals surface area contributed by atoms with Crippen LogP contribution in [-0.2, 0) is 31.6 Å². The Bertz CT molecular complexity index is 1030. The summed E-state index contributed by atoms with van der Waals surface area (Å²) in [4.78, 5) is 0.00365. The lowest BCUT2D eigenvalue weighted by Crippen LogP contribution is -2.06. The Morgan fingerprint density at radius 1 is 1.00 bits per heavy atom. The van der Waals surface area contributed by atoms with Crippen LogP contribution in [0.4, 0.5) is 0 Å². The van der Waals surface area contributed by atoms with E-state index in [1.807, 2.05) is 0 Å². The predicted molar refractivity (Wildman–Crippen MR) is 79.0 cm³/mol. The van der Waals surface area contributed by atoms with Crippen molar-refractivity contribution in [2.45, 2.75) is 21.6 Å². The zero-order valence-electron chi connectivity index (χ0n) is 10.6. The summed E-state index contributed by atoms with van der Waals surface area (Å²) in [6, 6.07) is 5.62. The Morgan fingerprint density at radius 3 is 2.19 bits per heavy atom. The van der Waals surface area contributed by atoms with Gasteiger partial charge in [-0.1, -0.05) is 12.1 Å². The molecular formula is C12H9O6S3+. The Hall–Kier alpha value is -1.39. The Kier molecular flexibility index (Phi) is 2.98. The number of benzene rings is 2. The van der Waals surface area contributed by atoms with Crippen LogP contribution in [0.2, 0.25) is 0 Å². The zero-order chi connectivity index (χ0) is 15.6. The van der Waals surface area contributed by atoms with Crippen molar-refractivity contribution in [2.75, 3.05) is 0 Å². The summed E-state index contributed by atoms with van der Waals surface area (Å²) in [5.41, 5.74) is 0.683. The van der Waals surface area contributed by atoms with Crippen molar-refractivity contribution in [1.82, 2.24) is 0 Å². The fourth-order valence-electron chi connectivity index (χ4n) is 2.40. The summed E-state index contributed by atoms with van der Waals surface area (Å²) in [6.07, 6.45) is 0. The van der Waals surface area contributed by atoms with E-state index < -0.39 is 30.0 Å². The van der Waals surface area contributed by atoms with Gasteiger partial charge in [-0.3, -0.25) is 9.11 Å². The minimum absolute atomic E-state index is 0.224. The van der Waals surface area contributed by atoms with Gasteiger partial charge in [0.25, 0.3) is 25.1 Å². The highest BCUT2D eigenvalue weighted by molar-refractivity contribution is 7.87. The van der Waals surface area contributed by atoms with Crippen molar-refractivity contribution in [3.63, 3.8) is 0 Å². The third kappa shape index (κ3) is 2.17. The van der Waals surface area contributed by atoms with Crippen LogP contribution in [0, 0.1) is 0 Å². The highest BCUT2D eigenvalue weighted by Crippen LogP contribution is 2.37. The van der Waals surface area contributed by atoms with Crippen molar-refractivity contribution in [3.8, 4) is 0 Å². The Morgan fingerprint density at radius 2 is 1.62 bits per heavy atom. The molecule has 2 N–H and O–H groups in total. The van der Waals surface area contributed by atoms with Crippen LogP contribution in [0.3, 0.4) is 0 Å². The van der Waals surface area contributed by atoms with Crippen LogP contribution >= 0.6 is 0 Å². The molecule has 2 aromatic rings. The fourth-order valence-corrected chi connectivity index (χ4v) is 5.30. The zero-order valence-corrected chi connectivity index (χ0v) is 13.0. The van der Waals surface area contributed by atoms with Crippen molar-refractivity contribution in [2.24, 2.45) is 0 Å². The highest BCUT2D eigenvalue weighted by Gasteiger charge is 2.36. The summed E-state index contributed by atoms with van der Waals surface area (Å²) in [6.45, 7) is 1.76. The first-order valence-corrected chi connectivity index (χ1v) is 9.37. The van der Waals surface area contributed by atoms with Gasteiger partial charge in [0.1, 0.15) is 4.90 Å². The molecule has 3 rings (SSSR count). The van der Waals surface area contributed by atoms with E-state index in [-0.39, 0.29) is 10.3 Å². The van der Waals surface area contributed by atoms with Gasteiger partial charge in [0.15, 0.2) is 4.90 Å². The lowest BCUT2D eigenvalue weighted by Gasteiger charge is -2.06. The maximum absolute atomic E-state index is 11.5. The molecule has 0 bridgehead atoms. The molecule has 0 atom stereocenters. The van der Waals surface area contributed by atoms with Crippen molar-refractivity contribution >= 4 is 47.2 Å². The lowest BCUT2D eigenvalue weighted by atomic mass is 10.0. The first-order chi connectivity index (χ1) is 9.60. The molecule has 110 valence electrons. The second kappa shape index (κ2) is 4.31. The summed E-state index contributed by atoms with van der Waals surface area (Å²) in [5.74, 6) is 0. The number of hydrogen-bond donors (Lipinski definition) is 2. The van der Waals surface area contributed by atoms with Gasteiger partial charge in [-0.2, -0.15) is 16.8 Å². The molecule has 0 aliphatic carbocycles. The topological polar surface area (TPSA) is 109 Å². The number of hydrogen-bond acceptors (Lipinski definition) is 4. The van der Waals surface area contributed by atoms with Crippen LogP contribution in [0.5, 0.6) is 0 Å². The standard InChI is InChI=1S/C12H8O6S3/c1-6-7-3-2-4-8-9(20(13,14)15)5-10(21(16,17)18)12(19-6)11(7)8/h2-5H,1H3,(H-,13,14,15,16,17,18)/p+1. The van der Waals surface area contributed by atoms with Gasteiger partial charge in [0.05, 0.1) is 5.39 Å². The van der Waals surface area contributed by atoms with E-state index in [1.54, 1.807) is 19.1 Å². The molecule has 9 heteroatoms. The third-order valence-corrected chi connectivity index (χ3v) is 6.29. The molecule has 0 radical (unpaired) electrons. The minimum atomic E-state index is -4.63. The molecule has 1 aliphatic heterocycles. The lowest BCUT2D eigenvalue weighted by molar-refractivity contribution is 0.480. The monoisotopic (exact) mass is 345 g/mol. The van der Waals surface area contributed by atoms with Crippen molar-refractivity contribution in [3.05, 3.63) is 29.8 Å². The molecule has 0 saturated heterocycles. The maximum Gasteiger partial charge on any atom is 0.300 e. The quantitative estimate of drug-likeness (QED) is 0.483. The molecule has 0 saturated carbocycles. The van der Waals surface area contributed by atoms with Crippen LogP contribution in [0.25, 0.3) is 10.8 Å². The van der Waals surface area contributed by atoms with Crippen LogP contribution < -0.4 is 0 Å². The van der Waals surface area contributed by atoms with E-state index in [4.69, 9.17) is 0 Å². The molecule has 2 aromatic carbocycles. The van der Waals surface area contributed by atoms with Gasteiger partial charge in [0.2, 0.25) is 16.2 Å². The molecule has 0 unspecified atom stereocenters. The van der Waals surface area contributed by atoms with Gasteiger partial charge in [-0.15, -0.1) is 0 Å². The van der Waals surface area contributed by atoms with Gasteiger partial charge in [-0.25, -0.2) is 0 Å². The van der Waals surface area contributed by atoms with Crippen molar-refractivity contribution < 1.29 is 25.9 Å². The second-order valence-corrected chi connectivity index (χ2v) is 8.54. The predicted octanol–water partition coefficient (Wildman–Crippen LogP) is 1.33. The summed E-state index contributed by atoms with van der Waals surface area (Å²) in [5, 5.41) is 0.629. The average Bonchev–Trinajstić information content (AvgIpc) is 2.66. The van der Waals surface area contributed by atoms with Crippen LogP contribution in [0.1, 0.15) is 12.5 Å². The minimum Gasteiger partial charge on any atom is -0.282 e. The fraction of sp³-hybridized carbons (Fsp3) is 0.0833. The normalized spacial score (nSPS) is 14.5. The Balaban J connectivity index is 2.65. The van der Waals surface area contributed by atoms with E-state index in [9.17, 15) is 25.9 Å². The number of rotatable bonds is 2. The molecule has 0 aromatic heterocycles. The average molecular weight is 345 g/mol. The van der Waals surface area contributed by atoms with E-state index in [0.29, 0.717) is 10.9 Å². The molecule has 6 nitrogen and oxygen atoms in total. The van der Waals surface area contributed by atoms with Gasteiger partial charge >= 0.3 is 0 Å². The summed E-state index contributed by atoms with van der Waals surface area (Å²) in [7, 11) is -9.25. The van der Waals surface area contributed by atoms with Crippen molar-refractivity contribution in [1.29, 1.82) is 0 Å². The third-order valence-electron chi connectivity index (χ3n) is 3.23. The molecule has 1 heterocycles. The van der Waals surface area contributed by atoms with Crippen LogP contribution in [0.15, 0.2) is 39.0 Å². The van der Waals surface area contributed by atoms with E-state index in [0.717, 1.165) is 22.3 Å². The summed E-state index contributed by atoms with van der Waals surface area (Å²) < 4.78 is 64.7. The Labute approximate surface area is 124 Å².